The van der Waals surface area contributed by atoms with E-state index in [-0.39, 0.29) is 0 Å². The highest BCUT2D eigenvalue weighted by Crippen LogP contribution is 2.46. The van der Waals surface area contributed by atoms with E-state index in [1.54, 1.807) is 0 Å². The van der Waals surface area contributed by atoms with Crippen LogP contribution in [0.1, 0.15) is 43.1 Å². The van der Waals surface area contributed by atoms with Crippen molar-refractivity contribution in [2.45, 2.75) is 40.0 Å². The number of rotatable bonds is 6. The molecule has 24 heavy (non-hydrogen) atoms. The van der Waals surface area contributed by atoms with Crippen LogP contribution in [-0.4, -0.2) is 34.2 Å². The van der Waals surface area contributed by atoms with E-state index in [0.29, 0.717) is 17.0 Å². The molecule has 2 atom stereocenters. The van der Waals surface area contributed by atoms with E-state index in [4.69, 9.17) is 4.74 Å². The summed E-state index contributed by atoms with van der Waals surface area (Å²) in [6.45, 7) is 9.33. The number of aliphatic imine (C=N–C) groups is 1. The Balaban J connectivity index is 1.75. The van der Waals surface area contributed by atoms with E-state index < -0.39 is 0 Å². The van der Waals surface area contributed by atoms with Gasteiger partial charge >= 0.3 is 0 Å². The normalized spacial score (nSPS) is 19.7. The molecule has 1 heterocycles. The van der Waals surface area contributed by atoms with Crippen molar-refractivity contribution in [3.63, 3.8) is 0 Å². The molecule has 1 fully saturated rings. The summed E-state index contributed by atoms with van der Waals surface area (Å²) in [6, 6.07) is 4.07. The van der Waals surface area contributed by atoms with Gasteiger partial charge in [-0.25, -0.2) is 4.99 Å². The summed E-state index contributed by atoms with van der Waals surface area (Å²) in [5.74, 6) is 2.98. The average molecular weight is 344 g/mol. The predicted octanol–water partition coefficient (Wildman–Crippen LogP) is 4.68. The van der Waals surface area contributed by atoms with Crippen LogP contribution < -0.4 is 4.74 Å². The molecule has 0 N–H and O–H groups in total. The van der Waals surface area contributed by atoms with Crippen molar-refractivity contribution in [3.8, 4) is 10.9 Å². The quantitative estimate of drug-likeness (QED) is 0.564. The van der Waals surface area contributed by atoms with Crippen molar-refractivity contribution in [1.29, 1.82) is 0 Å². The van der Waals surface area contributed by atoms with Crippen LogP contribution in [0.25, 0.3) is 0 Å². The van der Waals surface area contributed by atoms with Crippen molar-refractivity contribution in [2.24, 2.45) is 10.9 Å². The fraction of sp³-hybridized carbons (Fsp3) is 0.500. The Morgan fingerprint density at radius 1 is 1.38 bits per heavy atom. The smallest absolute Gasteiger partial charge is 0.298 e. The lowest BCUT2D eigenvalue weighted by molar-refractivity contribution is 0.473. The summed E-state index contributed by atoms with van der Waals surface area (Å²) < 4.78 is 10.4. The van der Waals surface area contributed by atoms with Gasteiger partial charge < -0.3 is 9.64 Å². The van der Waals surface area contributed by atoms with Gasteiger partial charge in [0.25, 0.3) is 5.19 Å². The van der Waals surface area contributed by atoms with Gasteiger partial charge in [-0.1, -0.05) is 6.92 Å². The maximum absolute atomic E-state index is 5.97. The van der Waals surface area contributed by atoms with E-state index in [0.717, 1.165) is 34.9 Å². The van der Waals surface area contributed by atoms with Crippen molar-refractivity contribution in [2.75, 3.05) is 13.6 Å². The molecule has 0 aliphatic heterocycles. The molecule has 2 aromatic rings. The van der Waals surface area contributed by atoms with Crippen LogP contribution in [0.5, 0.6) is 10.9 Å². The molecule has 1 aromatic carbocycles. The Morgan fingerprint density at radius 2 is 2.12 bits per heavy atom. The first-order valence-corrected chi connectivity index (χ1v) is 9.12. The molecular weight excluding hydrogens is 320 g/mol. The van der Waals surface area contributed by atoms with Crippen LogP contribution >= 0.6 is 11.5 Å². The number of benzene rings is 1. The van der Waals surface area contributed by atoms with E-state index >= 15 is 0 Å². The molecule has 3 rings (SSSR count). The number of aryl methyl sites for hydroxylation is 2. The highest BCUT2D eigenvalue weighted by atomic mass is 32.1. The zero-order valence-corrected chi connectivity index (χ0v) is 15.7. The van der Waals surface area contributed by atoms with Crippen LogP contribution in [-0.2, 0) is 0 Å². The first-order valence-electron chi connectivity index (χ1n) is 8.35. The average Bonchev–Trinajstić information content (AvgIpc) is 3.10. The van der Waals surface area contributed by atoms with Gasteiger partial charge in [0.1, 0.15) is 11.6 Å². The Bertz CT molecular complexity index is 755. The third-order valence-corrected chi connectivity index (χ3v) is 5.06. The molecule has 128 valence electrons. The lowest BCUT2D eigenvalue weighted by atomic mass is 10.1. The third kappa shape index (κ3) is 3.75. The van der Waals surface area contributed by atoms with Gasteiger partial charge in [-0.15, -0.1) is 0 Å². The second-order valence-electron chi connectivity index (χ2n) is 6.56. The molecule has 2 unspecified atom stereocenters. The Kier molecular flexibility index (Phi) is 4.85. The Hall–Kier alpha value is -1.95. The second kappa shape index (κ2) is 6.89. The van der Waals surface area contributed by atoms with E-state index in [2.05, 4.69) is 34.3 Å². The third-order valence-electron chi connectivity index (χ3n) is 4.45. The fourth-order valence-corrected chi connectivity index (χ4v) is 3.06. The molecule has 6 heteroatoms. The van der Waals surface area contributed by atoms with E-state index in [1.165, 1.54) is 18.0 Å². The SMILES string of the molecule is CCN(C)C=Nc1cc(C)c(Oc2nc(C3CC3C)ns2)cc1C. The number of hydrogen-bond donors (Lipinski definition) is 0. The zero-order chi connectivity index (χ0) is 17.3. The summed E-state index contributed by atoms with van der Waals surface area (Å²) in [5, 5.41) is 0.619. The van der Waals surface area contributed by atoms with Crippen LogP contribution in [0.3, 0.4) is 0 Å². The van der Waals surface area contributed by atoms with Crippen molar-refractivity contribution in [3.05, 3.63) is 29.1 Å². The molecule has 1 saturated carbocycles. The highest BCUT2D eigenvalue weighted by Gasteiger charge is 2.37. The Labute approximate surface area is 147 Å². The second-order valence-corrected chi connectivity index (χ2v) is 7.28. The zero-order valence-electron chi connectivity index (χ0n) is 14.9. The standard InChI is InChI=1S/C18H24N4OS/c1-6-22(5)10-19-15-8-13(4)16(9-12(15)3)23-18-20-17(21-24-18)14-7-11(14)2/h8-11,14H,6-7H2,1-5H3. The maximum atomic E-state index is 5.97. The van der Waals surface area contributed by atoms with Crippen LogP contribution in [0.2, 0.25) is 0 Å². The molecule has 1 aromatic heterocycles. The molecule has 0 spiro atoms. The molecule has 1 aliphatic carbocycles. The number of aromatic nitrogens is 2. The lowest BCUT2D eigenvalue weighted by Gasteiger charge is -2.11. The first-order chi connectivity index (χ1) is 11.5. The van der Waals surface area contributed by atoms with Gasteiger partial charge in [0, 0.05) is 31.0 Å². The molecule has 0 bridgehead atoms. The summed E-state index contributed by atoms with van der Waals surface area (Å²) in [6.07, 6.45) is 3.04. The number of nitrogens with zero attached hydrogens (tertiary/aromatic N) is 4. The predicted molar refractivity (Wildman–Crippen MR) is 98.9 cm³/mol. The van der Waals surface area contributed by atoms with Crippen molar-refractivity contribution < 1.29 is 4.74 Å². The van der Waals surface area contributed by atoms with Gasteiger partial charge in [-0.2, -0.15) is 9.36 Å². The minimum absolute atomic E-state index is 0.522. The molecule has 0 radical (unpaired) electrons. The van der Waals surface area contributed by atoms with Gasteiger partial charge in [-0.05, 0) is 56.4 Å². The van der Waals surface area contributed by atoms with Crippen LogP contribution in [0, 0.1) is 19.8 Å². The topological polar surface area (TPSA) is 50.6 Å². The van der Waals surface area contributed by atoms with Crippen LogP contribution in [0.4, 0.5) is 5.69 Å². The summed E-state index contributed by atoms with van der Waals surface area (Å²) in [5.41, 5.74) is 3.09. The molecule has 5 nitrogen and oxygen atoms in total. The minimum atomic E-state index is 0.522. The van der Waals surface area contributed by atoms with Crippen LogP contribution in [0.15, 0.2) is 17.1 Å². The fourth-order valence-electron chi connectivity index (χ4n) is 2.45. The number of ether oxygens (including phenoxy) is 1. The lowest BCUT2D eigenvalue weighted by Crippen LogP contribution is -2.14. The molecule has 1 aliphatic rings. The highest BCUT2D eigenvalue weighted by molar-refractivity contribution is 7.07. The maximum Gasteiger partial charge on any atom is 0.298 e. The molecular formula is C18H24N4OS. The van der Waals surface area contributed by atoms with Crippen molar-refractivity contribution >= 4 is 23.6 Å². The van der Waals surface area contributed by atoms with Crippen molar-refractivity contribution in [1.82, 2.24) is 14.3 Å². The monoisotopic (exact) mass is 344 g/mol. The summed E-state index contributed by atoms with van der Waals surface area (Å²) in [4.78, 5) is 11.1. The molecule has 0 amide bonds. The van der Waals surface area contributed by atoms with E-state index in [9.17, 15) is 0 Å². The minimum Gasteiger partial charge on any atom is -0.430 e. The molecule has 0 saturated heterocycles. The first kappa shape index (κ1) is 16.9. The van der Waals surface area contributed by atoms with E-state index in [1.807, 2.05) is 38.2 Å². The largest absolute Gasteiger partial charge is 0.430 e. The van der Waals surface area contributed by atoms with Gasteiger partial charge in [-0.3, -0.25) is 0 Å². The summed E-state index contributed by atoms with van der Waals surface area (Å²) in [7, 11) is 2.01. The number of hydrogen-bond acceptors (Lipinski definition) is 5. The van der Waals surface area contributed by atoms with Gasteiger partial charge in [0.15, 0.2) is 0 Å². The Morgan fingerprint density at radius 3 is 2.79 bits per heavy atom. The summed E-state index contributed by atoms with van der Waals surface area (Å²) >= 11 is 1.33. The van der Waals surface area contributed by atoms with Gasteiger partial charge in [0.2, 0.25) is 0 Å². The van der Waals surface area contributed by atoms with Gasteiger partial charge in [0.05, 0.1) is 12.0 Å².